The lowest BCUT2D eigenvalue weighted by Crippen LogP contribution is -2.41. The molecule has 1 fully saturated rings. The lowest BCUT2D eigenvalue weighted by Gasteiger charge is -2.20. The van der Waals surface area contributed by atoms with E-state index in [1.807, 2.05) is 6.92 Å². The van der Waals surface area contributed by atoms with Gasteiger partial charge in [-0.05, 0) is 13.0 Å². The van der Waals surface area contributed by atoms with Crippen LogP contribution in [0.4, 0.5) is 0 Å². The Labute approximate surface area is 124 Å². The predicted molar refractivity (Wildman–Crippen MR) is 78.2 cm³/mol. The number of carboxylic acids is 1. The van der Waals surface area contributed by atoms with Gasteiger partial charge in [-0.15, -0.1) is 11.8 Å². The summed E-state index contributed by atoms with van der Waals surface area (Å²) in [6, 6.07) is 0.961. The van der Waals surface area contributed by atoms with Gasteiger partial charge in [-0.1, -0.05) is 0 Å². The lowest BCUT2D eigenvalue weighted by atomic mass is 10.1. The Kier molecular flexibility index (Phi) is 3.32. The average molecular weight is 306 g/mol. The van der Waals surface area contributed by atoms with Crippen molar-refractivity contribution in [3.8, 4) is 0 Å². The topological polar surface area (TPSA) is 88.3 Å². The highest BCUT2D eigenvalue weighted by Crippen LogP contribution is 2.24. The number of hydrogen-bond acceptors (Lipinski definition) is 5. The molecule has 8 heteroatoms. The third kappa shape index (κ3) is 2.25. The van der Waals surface area contributed by atoms with Crippen molar-refractivity contribution in [1.29, 1.82) is 0 Å². The van der Waals surface area contributed by atoms with Gasteiger partial charge in [0.25, 0.3) is 5.91 Å². The molecule has 0 aliphatic carbocycles. The van der Waals surface area contributed by atoms with Crippen LogP contribution in [-0.4, -0.2) is 54.3 Å². The number of pyridine rings is 1. The second kappa shape index (κ2) is 5.03. The highest BCUT2D eigenvalue weighted by Gasteiger charge is 2.35. The molecule has 2 aromatic heterocycles. The third-order valence-electron chi connectivity index (χ3n) is 3.54. The Hall–Kier alpha value is -2.09. The van der Waals surface area contributed by atoms with Crippen LogP contribution in [0.5, 0.6) is 0 Å². The number of aromatic nitrogens is 3. The van der Waals surface area contributed by atoms with Crippen molar-refractivity contribution in [3.63, 3.8) is 0 Å². The average Bonchev–Trinajstić information content (AvgIpc) is 3.04. The predicted octanol–water partition coefficient (Wildman–Crippen LogP) is 0.876. The number of fused-ring (bicyclic) bond motifs is 1. The highest BCUT2D eigenvalue weighted by atomic mass is 32.2. The van der Waals surface area contributed by atoms with Gasteiger partial charge in [0.1, 0.15) is 6.04 Å². The lowest BCUT2D eigenvalue weighted by molar-refractivity contribution is -0.140. The van der Waals surface area contributed by atoms with Crippen molar-refractivity contribution in [2.24, 2.45) is 7.05 Å². The van der Waals surface area contributed by atoms with Crippen molar-refractivity contribution in [2.75, 3.05) is 11.6 Å². The smallest absolute Gasteiger partial charge is 0.327 e. The molecule has 1 aliphatic heterocycles. The van der Waals surface area contributed by atoms with E-state index in [0.29, 0.717) is 22.8 Å². The van der Waals surface area contributed by atoms with Crippen molar-refractivity contribution in [1.82, 2.24) is 19.7 Å². The van der Waals surface area contributed by atoms with Gasteiger partial charge in [0, 0.05) is 24.4 Å². The maximum atomic E-state index is 12.5. The molecule has 0 radical (unpaired) electrons. The summed E-state index contributed by atoms with van der Waals surface area (Å²) in [6.07, 6.45) is 1.48. The second-order valence-electron chi connectivity index (χ2n) is 4.93. The quantitative estimate of drug-likeness (QED) is 0.886. The van der Waals surface area contributed by atoms with E-state index in [-0.39, 0.29) is 5.91 Å². The van der Waals surface area contributed by atoms with Crippen LogP contribution in [0.15, 0.2) is 12.3 Å². The van der Waals surface area contributed by atoms with Gasteiger partial charge in [0.2, 0.25) is 0 Å². The fraction of sp³-hybridized carbons (Fsp3) is 0.385. The molecule has 0 spiro atoms. The van der Waals surface area contributed by atoms with E-state index in [0.717, 1.165) is 11.1 Å². The first kappa shape index (κ1) is 13.9. The molecule has 1 N–H and O–H groups in total. The Morgan fingerprint density at radius 2 is 2.24 bits per heavy atom. The Balaban J connectivity index is 1.98. The molecule has 1 atom stereocenters. The van der Waals surface area contributed by atoms with E-state index in [4.69, 9.17) is 5.11 Å². The van der Waals surface area contributed by atoms with Gasteiger partial charge >= 0.3 is 5.97 Å². The molecular formula is C13H14N4O3S. The molecule has 3 rings (SSSR count). The zero-order valence-electron chi connectivity index (χ0n) is 11.6. The SMILES string of the molecule is Cc1nn(C)c2ncc(C(=O)N3CSC[C@H]3C(=O)O)cc12. The molecule has 1 saturated heterocycles. The van der Waals surface area contributed by atoms with E-state index in [1.165, 1.54) is 22.9 Å². The molecule has 0 aromatic carbocycles. The molecule has 0 unspecified atom stereocenters. The van der Waals surface area contributed by atoms with Gasteiger partial charge in [-0.2, -0.15) is 5.10 Å². The monoisotopic (exact) mass is 306 g/mol. The molecule has 110 valence electrons. The van der Waals surface area contributed by atoms with Crippen LogP contribution in [0.1, 0.15) is 16.1 Å². The molecule has 3 heterocycles. The fourth-order valence-electron chi connectivity index (χ4n) is 2.44. The summed E-state index contributed by atoms with van der Waals surface area (Å²) in [5.41, 5.74) is 1.89. The molecule has 21 heavy (non-hydrogen) atoms. The summed E-state index contributed by atoms with van der Waals surface area (Å²) in [5.74, 6) is -0.465. The Bertz CT molecular complexity index is 742. The first-order chi connectivity index (χ1) is 9.99. The molecule has 2 aromatic rings. The zero-order valence-corrected chi connectivity index (χ0v) is 12.4. The normalized spacial score (nSPS) is 18.4. The molecule has 7 nitrogen and oxygen atoms in total. The van der Waals surface area contributed by atoms with Gasteiger partial charge in [0.05, 0.1) is 17.1 Å². The number of carbonyl (C=O) groups is 2. The Morgan fingerprint density at radius 3 is 2.95 bits per heavy atom. The minimum atomic E-state index is -0.972. The molecule has 1 amide bonds. The summed E-state index contributed by atoms with van der Waals surface area (Å²) < 4.78 is 1.66. The first-order valence-corrected chi connectivity index (χ1v) is 7.55. The van der Waals surface area contributed by atoms with E-state index >= 15 is 0 Å². The standard InChI is InChI=1S/C13H14N4O3S/c1-7-9-3-8(4-14-11(9)16(2)15-7)12(18)17-6-21-5-10(17)13(19)20/h3-4,10H,5-6H2,1-2H3,(H,19,20)/t10-/m0/s1. The largest absolute Gasteiger partial charge is 0.480 e. The van der Waals surface area contributed by atoms with Gasteiger partial charge < -0.3 is 10.0 Å². The number of aliphatic carboxylic acids is 1. The van der Waals surface area contributed by atoms with Crippen LogP contribution in [-0.2, 0) is 11.8 Å². The molecule has 0 saturated carbocycles. The Morgan fingerprint density at radius 1 is 1.48 bits per heavy atom. The second-order valence-corrected chi connectivity index (χ2v) is 5.93. The number of carbonyl (C=O) groups excluding carboxylic acids is 1. The van der Waals surface area contributed by atoms with Crippen molar-refractivity contribution in [3.05, 3.63) is 23.5 Å². The van der Waals surface area contributed by atoms with Gasteiger partial charge in [-0.25, -0.2) is 9.78 Å². The molecule has 0 bridgehead atoms. The van der Waals surface area contributed by atoms with E-state index in [1.54, 1.807) is 17.8 Å². The number of thioether (sulfide) groups is 1. The maximum absolute atomic E-state index is 12.5. The zero-order chi connectivity index (χ0) is 15.1. The van der Waals surface area contributed by atoms with E-state index < -0.39 is 12.0 Å². The van der Waals surface area contributed by atoms with Crippen LogP contribution in [0, 0.1) is 6.92 Å². The van der Waals surface area contributed by atoms with Gasteiger partial charge in [-0.3, -0.25) is 9.48 Å². The van der Waals surface area contributed by atoms with E-state index in [2.05, 4.69) is 10.1 Å². The van der Waals surface area contributed by atoms with Crippen molar-refractivity contribution in [2.45, 2.75) is 13.0 Å². The maximum Gasteiger partial charge on any atom is 0.327 e. The van der Waals surface area contributed by atoms with Crippen LogP contribution in [0.2, 0.25) is 0 Å². The first-order valence-electron chi connectivity index (χ1n) is 6.40. The van der Waals surface area contributed by atoms with Crippen molar-refractivity contribution < 1.29 is 14.7 Å². The number of nitrogens with zero attached hydrogens (tertiary/aromatic N) is 4. The molecule has 1 aliphatic rings. The number of carboxylic acid groups (broad SMARTS) is 1. The minimum Gasteiger partial charge on any atom is -0.480 e. The van der Waals surface area contributed by atoms with E-state index in [9.17, 15) is 9.59 Å². The van der Waals surface area contributed by atoms with Crippen molar-refractivity contribution >= 4 is 34.7 Å². The van der Waals surface area contributed by atoms with Crippen LogP contribution >= 0.6 is 11.8 Å². The number of amides is 1. The third-order valence-corrected chi connectivity index (χ3v) is 4.55. The van der Waals surface area contributed by atoms with Crippen LogP contribution < -0.4 is 0 Å². The highest BCUT2D eigenvalue weighted by molar-refractivity contribution is 7.99. The fourth-order valence-corrected chi connectivity index (χ4v) is 3.58. The number of aryl methyl sites for hydroxylation is 2. The van der Waals surface area contributed by atoms with Crippen LogP contribution in [0.25, 0.3) is 11.0 Å². The summed E-state index contributed by atoms with van der Waals surface area (Å²) in [7, 11) is 1.79. The minimum absolute atomic E-state index is 0.301. The number of rotatable bonds is 2. The number of hydrogen-bond donors (Lipinski definition) is 1. The van der Waals surface area contributed by atoms with Crippen LogP contribution in [0.3, 0.4) is 0 Å². The van der Waals surface area contributed by atoms with Gasteiger partial charge in [0.15, 0.2) is 5.65 Å². The summed E-state index contributed by atoms with van der Waals surface area (Å²) in [5, 5.41) is 14.2. The molecular weight excluding hydrogens is 292 g/mol. The summed E-state index contributed by atoms with van der Waals surface area (Å²) >= 11 is 1.44. The summed E-state index contributed by atoms with van der Waals surface area (Å²) in [6.45, 7) is 1.85. The summed E-state index contributed by atoms with van der Waals surface area (Å²) in [4.78, 5) is 29.3.